The van der Waals surface area contributed by atoms with Gasteiger partial charge in [-0.05, 0) is 36.6 Å². The van der Waals surface area contributed by atoms with Gasteiger partial charge in [0.15, 0.2) is 0 Å². The maximum atomic E-state index is 12.2. The largest absolute Gasteiger partial charge is 0.378 e. The van der Waals surface area contributed by atoms with E-state index < -0.39 is 0 Å². The Morgan fingerprint density at radius 1 is 1.32 bits per heavy atom. The van der Waals surface area contributed by atoms with Gasteiger partial charge in [-0.15, -0.1) is 0 Å². The van der Waals surface area contributed by atoms with E-state index in [9.17, 15) is 4.79 Å². The minimum absolute atomic E-state index is 0.132. The molecule has 2 unspecified atom stereocenters. The van der Waals surface area contributed by atoms with Crippen molar-refractivity contribution in [2.24, 2.45) is 0 Å². The van der Waals surface area contributed by atoms with E-state index in [0.717, 1.165) is 42.3 Å². The number of carbonyl (C=O) groups excluding carboxylic acids is 1. The highest BCUT2D eigenvalue weighted by Crippen LogP contribution is 2.32. The van der Waals surface area contributed by atoms with E-state index in [4.69, 9.17) is 9.47 Å². The summed E-state index contributed by atoms with van der Waals surface area (Å²) in [5, 5.41) is 7.11. The molecule has 1 aromatic carbocycles. The number of nitrogens with one attached hydrogen (secondary N) is 2. The fraction of sp³-hybridized carbons (Fsp3) is 0.474. The number of carbonyl (C=O) groups is 1. The molecule has 2 N–H and O–H groups in total. The third-order valence-corrected chi connectivity index (χ3v) is 5.02. The number of hydrogen-bond donors (Lipinski definition) is 2. The molecule has 1 spiro atoms. The van der Waals surface area contributed by atoms with Crippen molar-refractivity contribution in [1.29, 1.82) is 0 Å². The molecule has 0 radical (unpaired) electrons. The van der Waals surface area contributed by atoms with Gasteiger partial charge in [0, 0.05) is 43.8 Å². The van der Waals surface area contributed by atoms with Crippen molar-refractivity contribution >= 4 is 16.9 Å². The second kappa shape index (κ2) is 6.98. The predicted octanol–water partition coefficient (Wildman–Crippen LogP) is 2.37. The number of ether oxygens (including phenoxy) is 2. The van der Waals surface area contributed by atoms with Crippen LogP contribution in [0.4, 0.5) is 4.79 Å². The lowest BCUT2D eigenvalue weighted by Gasteiger charge is -2.37. The monoisotopic (exact) mass is 341 g/mol. The average molecular weight is 341 g/mol. The first-order chi connectivity index (χ1) is 12.2. The summed E-state index contributed by atoms with van der Waals surface area (Å²) >= 11 is 0. The molecule has 2 aliphatic heterocycles. The summed E-state index contributed by atoms with van der Waals surface area (Å²) < 4.78 is 11.4. The predicted molar refractivity (Wildman–Crippen MR) is 94.3 cm³/mol. The molecule has 0 bridgehead atoms. The van der Waals surface area contributed by atoms with Crippen molar-refractivity contribution < 1.29 is 14.3 Å². The van der Waals surface area contributed by atoms with Crippen molar-refractivity contribution in [3.8, 4) is 0 Å². The Morgan fingerprint density at radius 2 is 2.28 bits per heavy atom. The van der Waals surface area contributed by atoms with E-state index in [1.807, 2.05) is 24.3 Å². The van der Waals surface area contributed by atoms with Crippen molar-refractivity contribution in [2.75, 3.05) is 19.8 Å². The Labute approximate surface area is 146 Å². The van der Waals surface area contributed by atoms with E-state index in [1.165, 1.54) is 0 Å². The molecular weight excluding hydrogens is 318 g/mol. The zero-order chi connectivity index (χ0) is 17.1. The number of fused-ring (bicyclic) bond motifs is 1. The van der Waals surface area contributed by atoms with Crippen LogP contribution in [-0.2, 0) is 16.0 Å². The van der Waals surface area contributed by atoms with Crippen LogP contribution in [0, 0.1) is 0 Å². The first kappa shape index (κ1) is 16.3. The smallest absolute Gasteiger partial charge is 0.315 e. The van der Waals surface area contributed by atoms with Crippen molar-refractivity contribution in [3.05, 3.63) is 42.1 Å². The summed E-state index contributed by atoms with van der Waals surface area (Å²) in [6, 6.07) is 9.98. The third kappa shape index (κ3) is 3.75. The van der Waals surface area contributed by atoms with E-state index in [1.54, 1.807) is 6.20 Å². The number of nitrogens with zero attached hydrogens (tertiary/aromatic N) is 1. The number of hydrogen-bond acceptors (Lipinski definition) is 4. The van der Waals surface area contributed by atoms with Gasteiger partial charge in [-0.3, -0.25) is 4.98 Å². The van der Waals surface area contributed by atoms with E-state index in [2.05, 4.69) is 21.7 Å². The summed E-state index contributed by atoms with van der Waals surface area (Å²) in [6.45, 7) is 2.55. The van der Waals surface area contributed by atoms with Crippen LogP contribution in [0.5, 0.6) is 0 Å². The van der Waals surface area contributed by atoms with Crippen LogP contribution in [0.1, 0.15) is 24.8 Å². The highest BCUT2D eigenvalue weighted by molar-refractivity contribution is 5.79. The van der Waals surface area contributed by atoms with Crippen LogP contribution in [0.15, 0.2) is 36.5 Å². The molecule has 2 amide bonds. The SMILES string of the molecule is O=C(NCc1ccc2ncccc2c1)NC1CCOC2(CCOC2)C1. The lowest BCUT2D eigenvalue weighted by Crippen LogP contribution is -2.51. The zero-order valence-electron chi connectivity index (χ0n) is 14.2. The fourth-order valence-electron chi connectivity index (χ4n) is 3.67. The molecule has 6 nitrogen and oxygen atoms in total. The van der Waals surface area contributed by atoms with Gasteiger partial charge in [0.2, 0.25) is 0 Å². The Hall–Kier alpha value is -2.18. The van der Waals surface area contributed by atoms with Gasteiger partial charge in [0.1, 0.15) is 0 Å². The van der Waals surface area contributed by atoms with Gasteiger partial charge >= 0.3 is 6.03 Å². The van der Waals surface area contributed by atoms with E-state index in [-0.39, 0.29) is 17.7 Å². The van der Waals surface area contributed by atoms with Gasteiger partial charge in [-0.1, -0.05) is 12.1 Å². The molecule has 4 rings (SSSR count). The van der Waals surface area contributed by atoms with Crippen LogP contribution >= 0.6 is 0 Å². The van der Waals surface area contributed by atoms with Crippen LogP contribution in [0.3, 0.4) is 0 Å². The lowest BCUT2D eigenvalue weighted by atomic mass is 9.90. The molecule has 2 aromatic rings. The number of rotatable bonds is 3. The molecular formula is C19H23N3O3. The fourth-order valence-corrected chi connectivity index (χ4v) is 3.67. The molecule has 3 heterocycles. The molecule has 2 fully saturated rings. The maximum Gasteiger partial charge on any atom is 0.315 e. The Bertz CT molecular complexity index is 758. The molecule has 6 heteroatoms. The summed E-state index contributed by atoms with van der Waals surface area (Å²) in [7, 11) is 0. The highest BCUT2D eigenvalue weighted by Gasteiger charge is 2.41. The second-order valence-corrected chi connectivity index (χ2v) is 6.88. The van der Waals surface area contributed by atoms with Crippen LogP contribution in [0.25, 0.3) is 10.9 Å². The second-order valence-electron chi connectivity index (χ2n) is 6.88. The Morgan fingerprint density at radius 3 is 3.16 bits per heavy atom. The number of amides is 2. The molecule has 25 heavy (non-hydrogen) atoms. The normalized spacial score (nSPS) is 26.0. The molecule has 132 valence electrons. The minimum Gasteiger partial charge on any atom is -0.378 e. The lowest BCUT2D eigenvalue weighted by molar-refractivity contribution is -0.0878. The molecule has 2 atom stereocenters. The minimum atomic E-state index is -0.193. The summed E-state index contributed by atoms with van der Waals surface area (Å²) in [5.41, 5.74) is 1.83. The third-order valence-electron chi connectivity index (χ3n) is 5.02. The van der Waals surface area contributed by atoms with E-state index in [0.29, 0.717) is 19.8 Å². The van der Waals surface area contributed by atoms with Gasteiger partial charge in [0.25, 0.3) is 0 Å². The quantitative estimate of drug-likeness (QED) is 0.899. The van der Waals surface area contributed by atoms with Gasteiger partial charge in [-0.25, -0.2) is 4.79 Å². The van der Waals surface area contributed by atoms with Crippen LogP contribution < -0.4 is 10.6 Å². The van der Waals surface area contributed by atoms with Crippen molar-refractivity contribution in [1.82, 2.24) is 15.6 Å². The maximum absolute atomic E-state index is 12.2. The van der Waals surface area contributed by atoms with Crippen molar-refractivity contribution in [2.45, 2.75) is 37.5 Å². The zero-order valence-corrected chi connectivity index (χ0v) is 14.2. The molecule has 1 aromatic heterocycles. The molecule has 2 aliphatic rings. The van der Waals surface area contributed by atoms with Crippen molar-refractivity contribution in [3.63, 3.8) is 0 Å². The van der Waals surface area contributed by atoms with Crippen LogP contribution in [-0.4, -0.2) is 42.5 Å². The number of urea groups is 1. The van der Waals surface area contributed by atoms with Crippen LogP contribution in [0.2, 0.25) is 0 Å². The summed E-state index contributed by atoms with van der Waals surface area (Å²) in [5.74, 6) is 0. The molecule has 2 saturated heterocycles. The standard InChI is InChI=1S/C19H23N3O3/c23-18(22-16-5-8-25-19(11-16)6-9-24-13-19)21-12-14-3-4-17-15(10-14)2-1-7-20-17/h1-4,7,10,16H,5-6,8-9,11-13H2,(H2,21,22,23). The number of pyridine rings is 1. The molecule has 0 saturated carbocycles. The number of aromatic nitrogens is 1. The van der Waals surface area contributed by atoms with Gasteiger partial charge in [-0.2, -0.15) is 0 Å². The van der Waals surface area contributed by atoms with Gasteiger partial charge < -0.3 is 20.1 Å². The first-order valence-electron chi connectivity index (χ1n) is 8.82. The topological polar surface area (TPSA) is 72.5 Å². The number of benzene rings is 1. The first-order valence-corrected chi connectivity index (χ1v) is 8.82. The Kier molecular flexibility index (Phi) is 4.55. The average Bonchev–Trinajstić information content (AvgIpc) is 3.07. The summed E-state index contributed by atoms with van der Waals surface area (Å²) in [6.07, 6.45) is 4.36. The van der Waals surface area contributed by atoms with E-state index >= 15 is 0 Å². The Balaban J connectivity index is 1.31. The summed E-state index contributed by atoms with van der Waals surface area (Å²) in [4.78, 5) is 16.6. The highest BCUT2D eigenvalue weighted by atomic mass is 16.6. The molecule has 0 aliphatic carbocycles. The van der Waals surface area contributed by atoms with Gasteiger partial charge in [0.05, 0.1) is 17.7 Å².